The van der Waals surface area contributed by atoms with Gasteiger partial charge in [0.25, 0.3) is 6.47 Å². The van der Waals surface area contributed by atoms with Crippen LogP contribution in [0.15, 0.2) is 52.5 Å². The van der Waals surface area contributed by atoms with Crippen LogP contribution >= 0.6 is 0 Å². The number of nitrogens with one attached hydrogen (secondary N) is 7. The van der Waals surface area contributed by atoms with Crippen LogP contribution in [-0.2, 0) is 35.7 Å². The van der Waals surface area contributed by atoms with Crippen LogP contribution in [0.2, 0.25) is 0 Å². The Labute approximate surface area is 316 Å². The molecule has 0 aromatic carbocycles. The number of hydrogen-bond donors (Lipinski definition) is 22. The number of carboxylic acids is 2. The highest BCUT2D eigenvalue weighted by atomic mass is 32.2. The lowest BCUT2D eigenvalue weighted by atomic mass is 10.4. The fraction of sp³-hybridized carbons (Fsp3) is 0.316. The third-order valence-electron chi connectivity index (χ3n) is 2.21. The number of rotatable bonds is 11. The molecule has 0 aromatic heterocycles. The Balaban J connectivity index is -0.0000000222. The maximum atomic E-state index is 10.1. The first-order valence-corrected chi connectivity index (χ1v) is 13.9. The van der Waals surface area contributed by atoms with Crippen molar-refractivity contribution in [2.75, 3.05) is 40.3 Å². The summed E-state index contributed by atoms with van der Waals surface area (Å²) in [5.41, 5.74) is 31.9. The highest BCUT2D eigenvalue weighted by molar-refractivity contribution is 7.92. The van der Waals surface area contributed by atoms with E-state index in [4.69, 9.17) is 73.8 Å². The Hall–Kier alpha value is -5.35. The topological polar surface area (TPSA) is 755 Å². The molecule has 0 aliphatic carbocycles. The third-order valence-corrected chi connectivity index (χ3v) is 2.67. The second kappa shape index (κ2) is 110. The number of hydrazone groups is 2. The Kier molecular flexibility index (Phi) is 212. The van der Waals surface area contributed by atoms with E-state index >= 15 is 0 Å². The van der Waals surface area contributed by atoms with E-state index in [1.807, 2.05) is 0 Å². The quantitative estimate of drug-likeness (QED) is 0.0180. The molecule has 0 saturated heterocycles. The molecule has 0 spiro atoms. The Bertz CT molecular complexity index is 967. The second-order valence-electron chi connectivity index (χ2n) is 5.30. The van der Waals surface area contributed by atoms with E-state index in [1.54, 1.807) is 19.2 Å². The van der Waals surface area contributed by atoms with Gasteiger partial charge >= 0.3 is 11.9 Å². The minimum atomic E-state index is -3.40. The van der Waals surface area contributed by atoms with Crippen LogP contribution in [0.3, 0.4) is 0 Å². The second-order valence-corrected chi connectivity index (χ2v) is 7.34. The molecular formula is C19H67N22O11S2-. The normalized spacial score (nSPS) is 8.30. The maximum absolute atomic E-state index is 10.1. The number of allylic oxidation sites excluding steroid dienone is 2. The molecule has 0 fully saturated rings. The Morgan fingerprint density at radius 2 is 1.26 bits per heavy atom. The first-order chi connectivity index (χ1) is 22.5. The van der Waals surface area contributed by atoms with E-state index < -0.39 is 38.9 Å². The summed E-state index contributed by atoms with van der Waals surface area (Å²) in [4.78, 5) is 31.9. The zero-order valence-corrected chi connectivity index (χ0v) is 32.0. The van der Waals surface area contributed by atoms with Crippen molar-refractivity contribution in [3.63, 3.8) is 0 Å². The largest absolute Gasteiger partial charge is 0.760 e. The molecule has 332 valence electrons. The summed E-state index contributed by atoms with van der Waals surface area (Å²) in [5, 5.41) is 47.4. The summed E-state index contributed by atoms with van der Waals surface area (Å²) in [6.07, 6.45) is 5.32. The van der Waals surface area contributed by atoms with Crippen LogP contribution in [0.5, 0.6) is 0 Å². The van der Waals surface area contributed by atoms with Gasteiger partial charge in [-0.2, -0.15) is 10.2 Å². The molecule has 1 unspecified atom stereocenters. The summed E-state index contributed by atoms with van der Waals surface area (Å²) in [7, 11) is -0.312. The summed E-state index contributed by atoms with van der Waals surface area (Å²) in [5.74, 6) is 12.1. The van der Waals surface area contributed by atoms with Gasteiger partial charge in [-0.05, 0) is 7.05 Å². The van der Waals surface area contributed by atoms with Crippen molar-refractivity contribution in [2.45, 2.75) is 0 Å². The maximum Gasteiger partial charge on any atom is 0.357 e. The highest BCUT2D eigenvalue weighted by Gasteiger charge is 2.02. The summed E-state index contributed by atoms with van der Waals surface area (Å²) >= 11 is -2.36. The molecule has 54 heavy (non-hydrogen) atoms. The molecule has 0 radical (unpaired) electrons. The van der Waals surface area contributed by atoms with Gasteiger partial charge in [-0.25, -0.2) is 40.5 Å². The third kappa shape index (κ3) is 252. The van der Waals surface area contributed by atoms with E-state index in [2.05, 4.69) is 67.5 Å². The number of aliphatic carboxylic acids is 2. The van der Waals surface area contributed by atoms with Crippen molar-refractivity contribution < 1.29 is 52.4 Å². The number of aliphatic imine (C=N–C) groups is 1. The molecule has 0 saturated carbocycles. The molecular weight excluding hydrogens is 776 g/mol. The number of hydrogen-bond acceptors (Lipinski definition) is 27. The number of primary sulfonamides is 1. The predicted octanol–water partition coefficient (Wildman–Crippen LogP) is -3.91. The van der Waals surface area contributed by atoms with Gasteiger partial charge in [0.2, 0.25) is 10.0 Å². The molecule has 41 N–H and O–H groups in total. The van der Waals surface area contributed by atoms with Gasteiger partial charge in [-0.15, -0.1) is 0 Å². The monoisotopic (exact) mass is 843 g/mol. The highest BCUT2D eigenvalue weighted by Crippen LogP contribution is 1.70. The smallest absolute Gasteiger partial charge is 0.357 e. The summed E-state index contributed by atoms with van der Waals surface area (Å²) < 4.78 is 36.9. The average molecular weight is 844 g/mol. The SMILES string of the molecule is C=CC=C.C=CS(N)(=O)=O.CN.CN=CC(CNCC(=O)O)=NN.N.N.N.N.N.N=CC(=NN)C(=O)O.N=N.N=N.NCCNN.NS(=O)[O-].O.O=CO. The molecule has 0 aromatic rings. The molecule has 0 heterocycles. The van der Waals surface area contributed by atoms with Crippen molar-refractivity contribution in [3.05, 3.63) is 37.3 Å². The first kappa shape index (κ1) is 104. The number of nitrogens with two attached hydrogens (primary N) is 7. The molecule has 0 aliphatic heterocycles. The van der Waals surface area contributed by atoms with Crippen molar-refractivity contribution in [1.29, 1.82) is 27.5 Å². The minimum absolute atomic E-state index is 0. The zero-order valence-electron chi connectivity index (χ0n) is 30.3. The van der Waals surface area contributed by atoms with Crippen molar-refractivity contribution in [3.8, 4) is 0 Å². The molecule has 1 atom stereocenters. The minimum Gasteiger partial charge on any atom is -0.760 e. The van der Waals surface area contributed by atoms with Gasteiger partial charge < -0.3 is 90.0 Å². The van der Waals surface area contributed by atoms with Crippen molar-refractivity contribution in [2.24, 2.45) is 54.5 Å². The summed E-state index contributed by atoms with van der Waals surface area (Å²) in [6.45, 7) is 10.9. The van der Waals surface area contributed by atoms with Crippen LogP contribution in [-0.4, -0.2) is 121 Å². The molecule has 35 heteroatoms. The van der Waals surface area contributed by atoms with Crippen LogP contribution < -0.4 is 80.8 Å². The lowest BCUT2D eigenvalue weighted by molar-refractivity contribution is -0.136. The zero-order chi connectivity index (χ0) is 41.0. The molecule has 33 nitrogen and oxygen atoms in total. The van der Waals surface area contributed by atoms with Gasteiger partial charge in [-0.1, -0.05) is 31.9 Å². The van der Waals surface area contributed by atoms with E-state index in [1.165, 1.54) is 13.3 Å². The lowest BCUT2D eigenvalue weighted by Gasteiger charge is -1.98. The number of sulfonamides is 1. The average Bonchev–Trinajstić information content (AvgIpc) is 3.05. The summed E-state index contributed by atoms with van der Waals surface area (Å²) in [6, 6.07) is 0. The lowest BCUT2D eigenvalue weighted by Crippen LogP contribution is -2.29. The van der Waals surface area contributed by atoms with Gasteiger partial charge in [0, 0.05) is 49.6 Å². The van der Waals surface area contributed by atoms with Crippen LogP contribution in [0.25, 0.3) is 0 Å². The van der Waals surface area contributed by atoms with E-state index in [-0.39, 0.29) is 49.2 Å². The van der Waals surface area contributed by atoms with E-state index in [0.29, 0.717) is 37.0 Å². The fourth-order valence-electron chi connectivity index (χ4n) is 0.809. The number of nitrogens with zero attached hydrogens (tertiary/aromatic N) is 3. The predicted molar refractivity (Wildman–Crippen MR) is 211 cm³/mol. The fourth-order valence-corrected chi connectivity index (χ4v) is 0.809. The molecule has 0 rings (SSSR count). The Morgan fingerprint density at radius 1 is 0.944 bits per heavy atom. The van der Waals surface area contributed by atoms with E-state index in [9.17, 15) is 18.0 Å². The van der Waals surface area contributed by atoms with Crippen molar-refractivity contribution >= 4 is 63.6 Å². The van der Waals surface area contributed by atoms with Crippen LogP contribution in [0, 0.1) is 27.5 Å². The van der Waals surface area contributed by atoms with Gasteiger partial charge in [0.05, 0.1) is 18.5 Å². The van der Waals surface area contributed by atoms with Gasteiger partial charge in [-0.3, -0.25) is 35.2 Å². The standard InChI is InChI=1S/C6H12N4O2.C4H6.C3H5N3O2.C2H9N3.C2H5NO2S.CH5N.CH2O2.2H2N2.H3NO2S.5H3N.H2O/c1-8-2-5(10-7)3-9-4-6(11)12;1-3-4-2;4-1-2(6-5)3(7)8;3-1-2-5-4;1-2-6(3,4)5;1-2;2-1-3;2*1-2;1-4(2)3;;;;;;/h2,9H,3-4,7H2,1H3,(H,11,12);3-4H,1-2H2;1,4H,5H2,(H,7,8);5H,1-4H2;2H,1H2,(H2,3,4,5);2H2,1H3;1H,(H,2,3);2*1-2H;1H2,(H,2,3);5*1H3;1H2/p-1. The van der Waals surface area contributed by atoms with Gasteiger partial charge in [0.15, 0.2) is 5.71 Å². The van der Waals surface area contributed by atoms with Crippen molar-refractivity contribution in [1.82, 2.24) is 41.5 Å². The van der Waals surface area contributed by atoms with E-state index in [0.717, 1.165) is 0 Å². The Morgan fingerprint density at radius 3 is 1.35 bits per heavy atom. The molecule has 0 bridgehead atoms. The number of hydrazine groups is 1. The first-order valence-electron chi connectivity index (χ1n) is 11.1. The number of carboxylic acid groups (broad SMARTS) is 3. The molecule has 0 aliphatic rings. The number of carbonyl (C=O) groups is 3. The van der Waals surface area contributed by atoms with Gasteiger partial charge in [0.1, 0.15) is 0 Å². The van der Waals surface area contributed by atoms with Crippen LogP contribution in [0.4, 0.5) is 0 Å². The molecule has 0 amide bonds. The van der Waals surface area contributed by atoms with Crippen LogP contribution in [0.1, 0.15) is 0 Å².